The average Bonchev–Trinajstić information content (AvgIpc) is 2.90. The highest BCUT2D eigenvalue weighted by Crippen LogP contribution is 2.46. The van der Waals surface area contributed by atoms with Gasteiger partial charge in [0.15, 0.2) is 0 Å². The van der Waals surface area contributed by atoms with Crippen LogP contribution < -0.4 is 4.90 Å². The van der Waals surface area contributed by atoms with Gasteiger partial charge in [-0.05, 0) is 30.7 Å². The van der Waals surface area contributed by atoms with Gasteiger partial charge in [0.05, 0.1) is 4.91 Å². The molecule has 0 saturated carbocycles. The van der Waals surface area contributed by atoms with Crippen molar-refractivity contribution in [3.63, 3.8) is 0 Å². The molecule has 3 rings (SSSR count). The van der Waals surface area contributed by atoms with Crippen LogP contribution in [0, 0.1) is 0 Å². The summed E-state index contributed by atoms with van der Waals surface area (Å²) in [6, 6.07) is 8.43. The highest BCUT2D eigenvalue weighted by Gasteiger charge is 2.38. The van der Waals surface area contributed by atoms with Crippen molar-refractivity contribution in [1.82, 2.24) is 4.90 Å². The third-order valence-corrected chi connectivity index (χ3v) is 5.92. The minimum atomic E-state index is -0.0837. The second-order valence-corrected chi connectivity index (χ2v) is 7.88. The maximum absolute atomic E-state index is 12.3. The fraction of sp³-hybridized carbons (Fsp3) is 0.333. The molecular weight excluding hydrogens is 324 g/mol. The quantitative estimate of drug-likeness (QED) is 0.596. The van der Waals surface area contributed by atoms with E-state index >= 15 is 0 Å². The molecule has 0 spiro atoms. The maximum Gasteiger partial charge on any atom is 0.266 e. The van der Waals surface area contributed by atoms with Crippen molar-refractivity contribution in [3.05, 3.63) is 52.6 Å². The number of benzene rings is 1. The molecule has 0 atom stereocenters. The lowest BCUT2D eigenvalue weighted by molar-refractivity contribution is -0.122. The smallest absolute Gasteiger partial charge is 0.266 e. The summed E-state index contributed by atoms with van der Waals surface area (Å²) in [6.45, 7) is 6.99. The Kier molecular flexibility index (Phi) is 4.10. The van der Waals surface area contributed by atoms with Crippen LogP contribution in [0.3, 0.4) is 0 Å². The van der Waals surface area contributed by atoms with E-state index in [0.717, 1.165) is 0 Å². The number of anilines is 1. The fourth-order valence-electron chi connectivity index (χ4n) is 3.24. The van der Waals surface area contributed by atoms with Crippen molar-refractivity contribution in [2.45, 2.75) is 26.2 Å². The number of rotatable bonds is 2. The molecule has 0 N–H and O–H groups in total. The third kappa shape index (κ3) is 2.52. The van der Waals surface area contributed by atoms with Crippen molar-refractivity contribution in [2.24, 2.45) is 0 Å². The number of allylic oxidation sites excluding steroid dienone is 3. The monoisotopic (exact) mass is 344 g/mol. The molecule has 2 heterocycles. The molecule has 3 nitrogen and oxygen atoms in total. The molecular formula is C18H20N2OS2. The van der Waals surface area contributed by atoms with E-state index in [4.69, 9.17) is 12.2 Å². The van der Waals surface area contributed by atoms with Gasteiger partial charge in [-0.2, -0.15) is 0 Å². The number of hydrogen-bond acceptors (Lipinski definition) is 4. The lowest BCUT2D eigenvalue weighted by atomic mass is 9.84. The summed E-state index contributed by atoms with van der Waals surface area (Å²) in [5, 5.41) is 0. The largest absolute Gasteiger partial charge is 0.347 e. The van der Waals surface area contributed by atoms with Gasteiger partial charge in [0, 0.05) is 30.4 Å². The van der Waals surface area contributed by atoms with Crippen LogP contribution in [-0.2, 0) is 10.2 Å². The van der Waals surface area contributed by atoms with E-state index in [1.807, 2.05) is 13.0 Å². The van der Waals surface area contributed by atoms with E-state index in [0.29, 0.717) is 15.8 Å². The Morgan fingerprint density at radius 2 is 1.96 bits per heavy atom. The first-order chi connectivity index (χ1) is 10.9. The highest BCUT2D eigenvalue weighted by atomic mass is 32.2. The van der Waals surface area contributed by atoms with Crippen LogP contribution >= 0.6 is 24.0 Å². The number of fused-ring (bicyclic) bond motifs is 1. The van der Waals surface area contributed by atoms with Gasteiger partial charge in [0.1, 0.15) is 4.32 Å². The minimum Gasteiger partial charge on any atom is -0.347 e. The van der Waals surface area contributed by atoms with Crippen LogP contribution in [-0.4, -0.2) is 28.7 Å². The van der Waals surface area contributed by atoms with Gasteiger partial charge >= 0.3 is 0 Å². The lowest BCUT2D eigenvalue weighted by Crippen LogP contribution is -2.27. The standard InChI is InChI=1S/C18H20N2OS2/c1-5-20-16(21)14(23-17(20)22)10-11-15-18(2,3)12-8-6-7-9-13(12)19(15)4/h6-11H,5H2,1-4H3. The second kappa shape index (κ2) is 5.80. The van der Waals surface area contributed by atoms with Gasteiger partial charge in [-0.3, -0.25) is 9.69 Å². The molecule has 2 aliphatic heterocycles. The van der Waals surface area contributed by atoms with Crippen molar-refractivity contribution in [3.8, 4) is 0 Å². The molecule has 1 saturated heterocycles. The second-order valence-electron chi connectivity index (χ2n) is 6.20. The van der Waals surface area contributed by atoms with Crippen LogP contribution in [0.1, 0.15) is 26.3 Å². The number of carbonyl (C=O) groups excluding carboxylic acids is 1. The first-order valence-electron chi connectivity index (χ1n) is 7.67. The Morgan fingerprint density at radius 1 is 1.26 bits per heavy atom. The van der Waals surface area contributed by atoms with Gasteiger partial charge in [-0.1, -0.05) is 56.0 Å². The summed E-state index contributed by atoms with van der Waals surface area (Å²) in [4.78, 5) is 16.9. The van der Waals surface area contributed by atoms with E-state index in [-0.39, 0.29) is 11.3 Å². The Bertz CT molecular complexity index is 749. The molecule has 1 aromatic carbocycles. The Morgan fingerprint density at radius 3 is 2.57 bits per heavy atom. The zero-order valence-corrected chi connectivity index (χ0v) is 15.4. The molecule has 5 heteroatoms. The third-order valence-electron chi connectivity index (χ3n) is 4.52. The van der Waals surface area contributed by atoms with Crippen LogP contribution in [0.15, 0.2) is 47.0 Å². The van der Waals surface area contributed by atoms with Gasteiger partial charge in [0.2, 0.25) is 0 Å². The van der Waals surface area contributed by atoms with E-state index < -0.39 is 0 Å². The number of thiocarbonyl (C=S) groups is 1. The first kappa shape index (κ1) is 16.3. The molecule has 1 aromatic rings. The number of nitrogens with zero attached hydrogens (tertiary/aromatic N) is 2. The Balaban J connectivity index is 1.97. The fourth-order valence-corrected chi connectivity index (χ4v) is 4.57. The maximum atomic E-state index is 12.3. The Labute approximate surface area is 147 Å². The number of hydrogen-bond donors (Lipinski definition) is 0. The molecule has 0 radical (unpaired) electrons. The first-order valence-corrected chi connectivity index (χ1v) is 8.89. The number of amides is 1. The highest BCUT2D eigenvalue weighted by molar-refractivity contribution is 8.26. The van der Waals surface area contributed by atoms with E-state index in [1.165, 1.54) is 28.7 Å². The summed E-state index contributed by atoms with van der Waals surface area (Å²) < 4.78 is 0.643. The van der Waals surface area contributed by atoms with Crippen LogP contribution in [0.5, 0.6) is 0 Å². The lowest BCUT2D eigenvalue weighted by Gasteiger charge is -2.23. The van der Waals surface area contributed by atoms with Crippen molar-refractivity contribution < 1.29 is 4.79 Å². The van der Waals surface area contributed by atoms with Gasteiger partial charge in [-0.15, -0.1) is 0 Å². The molecule has 0 aliphatic carbocycles. The molecule has 2 aliphatic rings. The molecule has 23 heavy (non-hydrogen) atoms. The summed E-state index contributed by atoms with van der Waals surface area (Å²) in [5.74, 6) is 0.00956. The van der Waals surface area contributed by atoms with Gasteiger partial charge in [0.25, 0.3) is 5.91 Å². The predicted molar refractivity (Wildman–Crippen MR) is 102 cm³/mol. The molecule has 0 aromatic heterocycles. The van der Waals surface area contributed by atoms with E-state index in [9.17, 15) is 4.79 Å². The molecule has 1 amide bonds. The van der Waals surface area contributed by atoms with Crippen molar-refractivity contribution >= 4 is 39.9 Å². The molecule has 120 valence electrons. The molecule has 1 fully saturated rings. The zero-order valence-electron chi connectivity index (χ0n) is 13.8. The number of thioether (sulfide) groups is 1. The number of para-hydroxylation sites is 1. The number of likely N-dealkylation sites (N-methyl/N-ethyl adjacent to an activating group) is 2. The average molecular weight is 345 g/mol. The van der Waals surface area contributed by atoms with Gasteiger partial charge < -0.3 is 4.90 Å². The Hall–Kier alpha value is -1.59. The van der Waals surface area contributed by atoms with Crippen LogP contribution in [0.2, 0.25) is 0 Å². The summed E-state index contributed by atoms with van der Waals surface area (Å²) in [5.41, 5.74) is 3.63. The van der Waals surface area contributed by atoms with Crippen molar-refractivity contribution in [1.29, 1.82) is 0 Å². The van der Waals surface area contributed by atoms with Crippen LogP contribution in [0.4, 0.5) is 5.69 Å². The predicted octanol–water partition coefficient (Wildman–Crippen LogP) is 4.06. The minimum absolute atomic E-state index is 0.00956. The summed E-state index contributed by atoms with van der Waals surface area (Å²) in [7, 11) is 2.07. The topological polar surface area (TPSA) is 23.6 Å². The zero-order chi connectivity index (χ0) is 16.8. The van der Waals surface area contributed by atoms with E-state index in [2.05, 4.69) is 56.1 Å². The van der Waals surface area contributed by atoms with Gasteiger partial charge in [-0.25, -0.2) is 0 Å². The summed E-state index contributed by atoms with van der Waals surface area (Å²) >= 11 is 6.64. The SMILES string of the molecule is CCN1C(=O)C(=CC=C2N(C)c3ccccc3C2(C)C)SC1=S. The summed E-state index contributed by atoms with van der Waals surface area (Å²) in [6.07, 6.45) is 3.97. The van der Waals surface area contributed by atoms with E-state index in [1.54, 1.807) is 4.90 Å². The molecule has 0 unspecified atom stereocenters. The van der Waals surface area contributed by atoms with Crippen molar-refractivity contribution in [2.75, 3.05) is 18.5 Å². The molecule has 0 bridgehead atoms. The number of carbonyl (C=O) groups is 1. The van der Waals surface area contributed by atoms with Crippen LogP contribution in [0.25, 0.3) is 0 Å². The normalized spacial score (nSPS) is 23.3.